The van der Waals surface area contributed by atoms with E-state index in [0.29, 0.717) is 17.9 Å². The molecule has 0 saturated heterocycles. The molecule has 0 aliphatic rings. The summed E-state index contributed by atoms with van der Waals surface area (Å²) in [6.45, 7) is 5.80. The lowest BCUT2D eigenvalue weighted by Gasteiger charge is -2.15. The molecular formula is C18H26O5. The zero-order chi connectivity index (χ0) is 17.4. The highest BCUT2D eigenvalue weighted by molar-refractivity contribution is 5.98. The minimum Gasteiger partial charge on any atom is -0.493 e. The fraction of sp³-hybridized carbons (Fsp3) is 0.556. The van der Waals surface area contributed by atoms with E-state index in [9.17, 15) is 19.8 Å². The van der Waals surface area contributed by atoms with Gasteiger partial charge in [-0.2, -0.15) is 0 Å². The average molecular weight is 322 g/mol. The van der Waals surface area contributed by atoms with Gasteiger partial charge in [-0.3, -0.25) is 0 Å². The molecule has 0 atom stereocenters. The van der Waals surface area contributed by atoms with E-state index >= 15 is 0 Å². The van der Waals surface area contributed by atoms with Crippen molar-refractivity contribution in [1.29, 1.82) is 0 Å². The lowest BCUT2D eigenvalue weighted by atomic mass is 9.96. The van der Waals surface area contributed by atoms with Crippen LogP contribution in [0.2, 0.25) is 0 Å². The Kier molecular flexibility index (Phi) is 7.59. The SMILES string of the molecule is CCCCCCCCOc1cc(C(=O)O)c(C)c(C(=O)O)c1C. The van der Waals surface area contributed by atoms with Gasteiger partial charge in [0.15, 0.2) is 0 Å². The Morgan fingerprint density at radius 1 is 0.957 bits per heavy atom. The van der Waals surface area contributed by atoms with Crippen molar-refractivity contribution in [3.05, 3.63) is 28.3 Å². The van der Waals surface area contributed by atoms with Crippen molar-refractivity contribution in [2.75, 3.05) is 6.61 Å². The van der Waals surface area contributed by atoms with Crippen molar-refractivity contribution >= 4 is 11.9 Å². The van der Waals surface area contributed by atoms with Crippen LogP contribution < -0.4 is 4.74 Å². The van der Waals surface area contributed by atoms with Crippen LogP contribution in [-0.4, -0.2) is 28.8 Å². The summed E-state index contributed by atoms with van der Waals surface area (Å²) in [7, 11) is 0. The maximum Gasteiger partial charge on any atom is 0.336 e. The van der Waals surface area contributed by atoms with Gasteiger partial charge in [0.25, 0.3) is 0 Å². The van der Waals surface area contributed by atoms with Crippen LogP contribution in [0, 0.1) is 13.8 Å². The maximum atomic E-state index is 11.4. The van der Waals surface area contributed by atoms with Gasteiger partial charge in [-0.1, -0.05) is 39.0 Å². The Balaban J connectivity index is 2.78. The lowest BCUT2D eigenvalue weighted by Crippen LogP contribution is -2.12. The van der Waals surface area contributed by atoms with E-state index in [0.717, 1.165) is 19.3 Å². The van der Waals surface area contributed by atoms with E-state index < -0.39 is 11.9 Å². The zero-order valence-electron chi connectivity index (χ0n) is 14.1. The third kappa shape index (κ3) is 5.27. The highest BCUT2D eigenvalue weighted by Gasteiger charge is 2.21. The molecule has 0 bridgehead atoms. The molecule has 0 spiro atoms. The fourth-order valence-electron chi connectivity index (χ4n) is 2.64. The van der Waals surface area contributed by atoms with Gasteiger partial charge in [0, 0.05) is 5.56 Å². The molecule has 5 nitrogen and oxygen atoms in total. The molecule has 0 aliphatic heterocycles. The van der Waals surface area contributed by atoms with Crippen LogP contribution in [-0.2, 0) is 0 Å². The van der Waals surface area contributed by atoms with Crippen molar-refractivity contribution in [2.24, 2.45) is 0 Å². The quantitative estimate of drug-likeness (QED) is 0.622. The molecule has 5 heteroatoms. The van der Waals surface area contributed by atoms with Gasteiger partial charge in [-0.15, -0.1) is 0 Å². The van der Waals surface area contributed by atoms with E-state index in [1.54, 1.807) is 6.92 Å². The highest BCUT2D eigenvalue weighted by Crippen LogP contribution is 2.28. The van der Waals surface area contributed by atoms with Crippen LogP contribution in [0.3, 0.4) is 0 Å². The number of unbranched alkanes of at least 4 members (excludes halogenated alkanes) is 5. The van der Waals surface area contributed by atoms with Crippen LogP contribution in [0.1, 0.15) is 77.3 Å². The molecule has 0 radical (unpaired) electrons. The summed E-state index contributed by atoms with van der Waals surface area (Å²) in [4.78, 5) is 22.7. The average Bonchev–Trinajstić information content (AvgIpc) is 2.47. The number of hydrogen-bond acceptors (Lipinski definition) is 3. The van der Waals surface area contributed by atoms with Gasteiger partial charge in [0.2, 0.25) is 0 Å². The molecule has 0 unspecified atom stereocenters. The lowest BCUT2D eigenvalue weighted by molar-refractivity contribution is 0.0694. The molecular weight excluding hydrogens is 296 g/mol. The Morgan fingerprint density at radius 2 is 1.57 bits per heavy atom. The van der Waals surface area contributed by atoms with E-state index in [-0.39, 0.29) is 16.7 Å². The summed E-state index contributed by atoms with van der Waals surface area (Å²) in [5.74, 6) is -1.93. The van der Waals surface area contributed by atoms with Crippen molar-refractivity contribution in [1.82, 2.24) is 0 Å². The first kappa shape index (κ1) is 19.0. The smallest absolute Gasteiger partial charge is 0.336 e. The Bertz CT molecular complexity index is 563. The second kappa shape index (κ2) is 9.18. The maximum absolute atomic E-state index is 11.4. The molecule has 0 fully saturated rings. The third-order valence-electron chi connectivity index (χ3n) is 4.00. The first-order valence-electron chi connectivity index (χ1n) is 8.13. The summed E-state index contributed by atoms with van der Waals surface area (Å²) in [5, 5.41) is 18.6. The third-order valence-corrected chi connectivity index (χ3v) is 4.00. The van der Waals surface area contributed by atoms with Gasteiger partial charge in [-0.25, -0.2) is 9.59 Å². The molecule has 1 rings (SSSR count). The van der Waals surface area contributed by atoms with E-state index in [4.69, 9.17) is 4.74 Å². The first-order valence-corrected chi connectivity index (χ1v) is 8.13. The molecule has 0 amide bonds. The topological polar surface area (TPSA) is 83.8 Å². The van der Waals surface area contributed by atoms with Gasteiger partial charge in [-0.05, 0) is 31.9 Å². The predicted octanol–water partition coefficient (Wildman–Crippen LogP) is 4.44. The van der Waals surface area contributed by atoms with E-state index in [1.807, 2.05) is 0 Å². The van der Waals surface area contributed by atoms with Crippen molar-refractivity contribution in [2.45, 2.75) is 59.3 Å². The van der Waals surface area contributed by atoms with Crippen LogP contribution in [0.5, 0.6) is 5.75 Å². The second-order valence-electron chi connectivity index (χ2n) is 5.77. The summed E-state index contributed by atoms with van der Waals surface area (Å²) in [6, 6.07) is 1.43. The van der Waals surface area contributed by atoms with Crippen LogP contribution in [0.15, 0.2) is 6.07 Å². The first-order chi connectivity index (χ1) is 10.9. The van der Waals surface area contributed by atoms with E-state index in [2.05, 4.69) is 6.92 Å². The van der Waals surface area contributed by atoms with Crippen molar-refractivity contribution < 1.29 is 24.5 Å². The largest absolute Gasteiger partial charge is 0.493 e. The second-order valence-corrected chi connectivity index (χ2v) is 5.77. The Labute approximate surface area is 137 Å². The highest BCUT2D eigenvalue weighted by atomic mass is 16.5. The van der Waals surface area contributed by atoms with Crippen molar-refractivity contribution in [3.63, 3.8) is 0 Å². The molecule has 0 heterocycles. The van der Waals surface area contributed by atoms with Crippen LogP contribution in [0.4, 0.5) is 0 Å². The van der Waals surface area contributed by atoms with Gasteiger partial charge < -0.3 is 14.9 Å². The predicted molar refractivity (Wildman–Crippen MR) is 88.7 cm³/mol. The number of hydrogen-bond donors (Lipinski definition) is 2. The number of aromatic carboxylic acids is 2. The Morgan fingerprint density at radius 3 is 2.13 bits per heavy atom. The number of rotatable bonds is 10. The molecule has 1 aromatic carbocycles. The fourth-order valence-corrected chi connectivity index (χ4v) is 2.64. The van der Waals surface area contributed by atoms with Gasteiger partial charge in [0.1, 0.15) is 5.75 Å². The summed E-state index contributed by atoms with van der Waals surface area (Å²) < 4.78 is 5.65. The summed E-state index contributed by atoms with van der Waals surface area (Å²) >= 11 is 0. The minimum atomic E-state index is -1.14. The Hall–Kier alpha value is -2.04. The van der Waals surface area contributed by atoms with Gasteiger partial charge >= 0.3 is 11.9 Å². The van der Waals surface area contributed by atoms with Crippen LogP contribution >= 0.6 is 0 Å². The normalized spacial score (nSPS) is 10.6. The molecule has 0 aromatic heterocycles. The molecule has 0 saturated carbocycles. The van der Waals surface area contributed by atoms with Crippen molar-refractivity contribution in [3.8, 4) is 5.75 Å². The number of ether oxygens (including phenoxy) is 1. The molecule has 1 aromatic rings. The number of carboxylic acids is 2. The standard InChI is InChI=1S/C18H26O5/c1-4-5-6-7-8-9-10-23-15-11-14(17(19)20)12(2)16(13(15)3)18(21)22/h11H,4-10H2,1-3H3,(H,19,20)(H,21,22). The number of benzene rings is 1. The van der Waals surface area contributed by atoms with Crippen LogP contribution in [0.25, 0.3) is 0 Å². The monoisotopic (exact) mass is 322 g/mol. The minimum absolute atomic E-state index is 0.0165. The number of carbonyl (C=O) groups is 2. The molecule has 0 aliphatic carbocycles. The number of carboxylic acid groups (broad SMARTS) is 2. The molecule has 2 N–H and O–H groups in total. The van der Waals surface area contributed by atoms with E-state index in [1.165, 1.54) is 32.3 Å². The summed E-state index contributed by atoms with van der Waals surface area (Å²) in [5.41, 5.74) is 0.731. The summed E-state index contributed by atoms with van der Waals surface area (Å²) in [6.07, 6.45) is 6.75. The zero-order valence-corrected chi connectivity index (χ0v) is 14.1. The molecule has 23 heavy (non-hydrogen) atoms. The van der Waals surface area contributed by atoms with Gasteiger partial charge in [0.05, 0.1) is 17.7 Å². The molecule has 128 valence electrons.